The number of rotatable bonds is 3. The summed E-state index contributed by atoms with van der Waals surface area (Å²) < 4.78 is 123. The summed E-state index contributed by atoms with van der Waals surface area (Å²) in [5.74, 6) is -16.2. The molecular weight excluding hydrogens is 528 g/mol. The number of nitriles is 1. The minimum Gasteiger partial charge on any atom is -0.493 e. The van der Waals surface area contributed by atoms with Gasteiger partial charge < -0.3 is 5.11 Å². The van der Waals surface area contributed by atoms with Crippen LogP contribution in [0.5, 0.6) is 5.88 Å². The van der Waals surface area contributed by atoms with E-state index in [1.807, 2.05) is 0 Å². The largest absolute Gasteiger partial charge is 0.493 e. The summed E-state index contributed by atoms with van der Waals surface area (Å²) in [7, 11) is 0. The third-order valence-corrected chi connectivity index (χ3v) is 4.39. The fraction of sp³-hybridized carbons (Fsp3) is 0.105. The van der Waals surface area contributed by atoms with Crippen LogP contribution in [0.25, 0.3) is 5.69 Å². The smallest absolute Gasteiger partial charge is 0.436 e. The molecule has 0 unspecified atom stereocenters. The van der Waals surface area contributed by atoms with Crippen LogP contribution in [-0.2, 0) is 23.2 Å². The number of aryl methyl sites for hydroxylation is 1. The van der Waals surface area contributed by atoms with E-state index in [1.165, 1.54) is 0 Å². The van der Waals surface area contributed by atoms with Crippen molar-refractivity contribution in [1.82, 2.24) is 9.78 Å². The van der Waals surface area contributed by atoms with Crippen LogP contribution in [0.1, 0.15) is 32.7 Å². The molecule has 1 N–H and O–H groups in total. The zero-order valence-corrected chi connectivity index (χ0v) is 17.3. The van der Waals surface area contributed by atoms with Crippen LogP contribution < -0.4 is 0 Å². The van der Waals surface area contributed by atoms with Gasteiger partial charge in [-0.1, -0.05) is 0 Å². The van der Waals surface area contributed by atoms with Gasteiger partial charge in [-0.2, -0.15) is 28.2 Å². The molecule has 3 aromatic rings. The molecule has 0 bridgehead atoms. The average molecular weight is 534 g/mol. The quantitative estimate of drug-likeness (QED) is 0.226. The van der Waals surface area contributed by atoms with E-state index in [4.69, 9.17) is 5.26 Å². The van der Waals surface area contributed by atoms with E-state index in [-0.39, 0.29) is 23.1 Å². The number of alkyl halides is 3. The van der Waals surface area contributed by atoms with Gasteiger partial charge in [0.2, 0.25) is 11.7 Å². The van der Waals surface area contributed by atoms with Crippen molar-refractivity contribution in [3.8, 4) is 17.6 Å². The zero-order chi connectivity index (χ0) is 25.0. The Kier molecular flexibility index (Phi) is 7.11. The van der Waals surface area contributed by atoms with Crippen LogP contribution in [0.4, 0.5) is 39.5 Å². The molecule has 0 spiro atoms. The minimum absolute atomic E-state index is 0. The summed E-state index contributed by atoms with van der Waals surface area (Å²) in [6.45, 7) is 0.968. The van der Waals surface area contributed by atoms with Crippen molar-refractivity contribution in [2.75, 3.05) is 0 Å². The number of aromatic hydroxyl groups is 1. The number of hydrogen-bond acceptors (Lipinski definition) is 4. The molecule has 0 aliphatic rings. The predicted octanol–water partition coefficient (Wildman–Crippen LogP) is 4.84. The van der Waals surface area contributed by atoms with Crippen LogP contribution in [0, 0.1) is 53.2 Å². The van der Waals surface area contributed by atoms with E-state index in [0.29, 0.717) is 6.07 Å². The van der Waals surface area contributed by atoms with Crippen molar-refractivity contribution in [2.45, 2.75) is 13.1 Å². The van der Waals surface area contributed by atoms with Gasteiger partial charge >= 0.3 is 6.18 Å². The molecule has 1 heterocycles. The van der Waals surface area contributed by atoms with Crippen molar-refractivity contribution in [3.05, 3.63) is 75.0 Å². The first-order valence-electron chi connectivity index (χ1n) is 8.38. The minimum atomic E-state index is -5.57. The Hall–Kier alpha value is -3.50. The first-order valence-corrected chi connectivity index (χ1v) is 8.38. The van der Waals surface area contributed by atoms with Crippen LogP contribution in [-0.4, -0.2) is 20.7 Å². The molecule has 3 rings (SSSR count). The molecule has 2 aromatic carbocycles. The third kappa shape index (κ3) is 4.10. The number of aromatic nitrogens is 2. The van der Waals surface area contributed by atoms with Gasteiger partial charge in [0.05, 0.1) is 0 Å². The standard InChI is InChI=1S/C19H6F9N3O2.Mn/c1-5-2-6(3-8(20)10(5)21)16(32)9-17(19(26,27)28)30-31(18(9)33)15-13(24)11(22)7(4-29)12(23)14(15)25;/h2-3,33H,1H3;. The van der Waals surface area contributed by atoms with Gasteiger partial charge in [-0.25, -0.2) is 26.3 Å². The molecule has 0 atom stereocenters. The molecule has 5 nitrogen and oxygen atoms in total. The van der Waals surface area contributed by atoms with Gasteiger partial charge in [0.15, 0.2) is 40.6 Å². The summed E-state index contributed by atoms with van der Waals surface area (Å²) in [4.78, 5) is 12.6. The van der Waals surface area contributed by atoms with E-state index in [2.05, 4.69) is 5.10 Å². The summed E-state index contributed by atoms with van der Waals surface area (Å²) >= 11 is 0. The summed E-state index contributed by atoms with van der Waals surface area (Å²) in [6.07, 6.45) is -5.57. The van der Waals surface area contributed by atoms with E-state index >= 15 is 0 Å². The SMILES string of the molecule is Cc1cc(C(=O)c2c(C(F)(F)F)nn(-c3c(F)c(F)c(C#N)c(F)c3F)c2O)cc(F)c1F.[Mn]. The van der Waals surface area contributed by atoms with E-state index < -0.39 is 91.1 Å². The Labute approximate surface area is 193 Å². The van der Waals surface area contributed by atoms with Crippen molar-refractivity contribution < 1.29 is 66.5 Å². The fourth-order valence-electron chi connectivity index (χ4n) is 2.88. The maximum atomic E-state index is 14.3. The number of benzene rings is 2. The second kappa shape index (κ2) is 9.03. The topological polar surface area (TPSA) is 78.9 Å². The molecular formula is C19H6F9MnN3O2. The van der Waals surface area contributed by atoms with Gasteiger partial charge in [0.25, 0.3) is 0 Å². The number of carbonyl (C=O) groups excluding carboxylic acids is 1. The van der Waals surface area contributed by atoms with Crippen LogP contribution >= 0.6 is 0 Å². The van der Waals surface area contributed by atoms with Crippen LogP contribution in [0.3, 0.4) is 0 Å². The Morgan fingerprint density at radius 3 is 1.97 bits per heavy atom. The molecule has 0 saturated carbocycles. The molecule has 34 heavy (non-hydrogen) atoms. The predicted molar refractivity (Wildman–Crippen MR) is 89.3 cm³/mol. The van der Waals surface area contributed by atoms with E-state index in [9.17, 15) is 49.4 Å². The van der Waals surface area contributed by atoms with Gasteiger partial charge in [0, 0.05) is 22.6 Å². The Bertz CT molecular complexity index is 1330. The molecule has 15 heteroatoms. The Morgan fingerprint density at radius 2 is 1.53 bits per heavy atom. The second-order valence-electron chi connectivity index (χ2n) is 6.47. The number of halogens is 9. The second-order valence-corrected chi connectivity index (χ2v) is 6.47. The molecule has 179 valence electrons. The van der Waals surface area contributed by atoms with E-state index in [0.717, 1.165) is 13.0 Å². The molecule has 0 aliphatic carbocycles. The van der Waals surface area contributed by atoms with Crippen molar-refractivity contribution >= 4 is 5.78 Å². The molecule has 0 aliphatic heterocycles. The van der Waals surface area contributed by atoms with Gasteiger partial charge in [-0.15, -0.1) is 0 Å². The number of hydrogen-bond donors (Lipinski definition) is 1. The molecule has 1 radical (unpaired) electrons. The normalized spacial score (nSPS) is 11.2. The summed E-state index contributed by atoms with van der Waals surface area (Å²) in [5.41, 5.74) is -9.19. The monoisotopic (exact) mass is 534 g/mol. The fourth-order valence-corrected chi connectivity index (χ4v) is 2.88. The summed E-state index contributed by atoms with van der Waals surface area (Å²) in [5, 5.41) is 21.4. The Balaban J connectivity index is 0.00000408. The average Bonchev–Trinajstić information content (AvgIpc) is 3.07. The zero-order valence-electron chi connectivity index (χ0n) is 16.1. The number of nitrogens with zero attached hydrogens (tertiary/aromatic N) is 3. The molecule has 0 fully saturated rings. The van der Waals surface area contributed by atoms with Gasteiger partial charge in [0.1, 0.15) is 22.9 Å². The van der Waals surface area contributed by atoms with Crippen LogP contribution in [0.2, 0.25) is 0 Å². The molecule has 1 aromatic heterocycles. The number of carbonyl (C=O) groups is 1. The maximum absolute atomic E-state index is 14.3. The van der Waals surface area contributed by atoms with E-state index in [1.54, 1.807) is 0 Å². The number of ketones is 1. The third-order valence-electron chi connectivity index (χ3n) is 4.39. The van der Waals surface area contributed by atoms with Crippen LogP contribution in [0.15, 0.2) is 12.1 Å². The maximum Gasteiger partial charge on any atom is 0.436 e. The Morgan fingerprint density at radius 1 is 1.00 bits per heavy atom. The van der Waals surface area contributed by atoms with Gasteiger partial charge in [-0.3, -0.25) is 4.79 Å². The first-order chi connectivity index (χ1) is 15.2. The first kappa shape index (κ1) is 26.7. The molecule has 0 saturated heterocycles. The summed E-state index contributed by atoms with van der Waals surface area (Å²) in [6, 6.07) is 1.63. The molecule has 0 amide bonds. The van der Waals surface area contributed by atoms with Crippen molar-refractivity contribution in [2.24, 2.45) is 0 Å². The van der Waals surface area contributed by atoms with Gasteiger partial charge in [-0.05, 0) is 24.6 Å². The van der Waals surface area contributed by atoms with Crippen molar-refractivity contribution in [3.63, 3.8) is 0 Å². The van der Waals surface area contributed by atoms with Crippen molar-refractivity contribution in [1.29, 1.82) is 5.26 Å².